The van der Waals surface area contributed by atoms with Crippen LogP contribution >= 0.6 is 22.6 Å². The lowest BCUT2D eigenvalue weighted by Crippen LogP contribution is -2.43. The third-order valence-electron chi connectivity index (χ3n) is 3.90. The van der Waals surface area contributed by atoms with Crippen molar-refractivity contribution in [3.05, 3.63) is 32.9 Å². The first-order valence-electron chi connectivity index (χ1n) is 7.76. The number of benzene rings is 1. The molecule has 1 aliphatic heterocycles. The van der Waals surface area contributed by atoms with Crippen LogP contribution in [0.3, 0.4) is 0 Å². The molecule has 3 nitrogen and oxygen atoms in total. The maximum absolute atomic E-state index is 12.9. The fourth-order valence-electron chi connectivity index (χ4n) is 2.84. The van der Waals surface area contributed by atoms with Gasteiger partial charge < -0.3 is 10.2 Å². The molecule has 1 heterocycles. The molecule has 1 N–H and O–H groups in total. The van der Waals surface area contributed by atoms with Crippen LogP contribution in [0.5, 0.6) is 0 Å². The van der Waals surface area contributed by atoms with E-state index >= 15 is 0 Å². The minimum Gasteiger partial charge on any atom is -0.337 e. The van der Waals surface area contributed by atoms with Gasteiger partial charge in [-0.3, -0.25) is 4.79 Å². The lowest BCUT2D eigenvalue weighted by atomic mass is 10.1. The molecule has 4 heteroatoms. The van der Waals surface area contributed by atoms with Crippen molar-refractivity contribution in [2.75, 3.05) is 19.6 Å². The average Bonchev–Trinajstić information content (AvgIpc) is 2.93. The van der Waals surface area contributed by atoms with E-state index in [1.807, 2.05) is 17.0 Å². The molecule has 1 aromatic carbocycles. The molecule has 1 fully saturated rings. The molecule has 0 saturated carbocycles. The normalized spacial score (nSPS) is 18.2. The number of halogens is 1. The molecular weight excluding hydrogens is 375 g/mol. The molecule has 116 valence electrons. The zero-order valence-electron chi connectivity index (χ0n) is 13.2. The summed E-state index contributed by atoms with van der Waals surface area (Å²) in [5, 5.41) is 3.50. The molecule has 1 atom stereocenters. The van der Waals surface area contributed by atoms with Crippen LogP contribution in [0.4, 0.5) is 0 Å². The van der Waals surface area contributed by atoms with Gasteiger partial charge in [-0.15, -0.1) is 0 Å². The van der Waals surface area contributed by atoms with Crippen molar-refractivity contribution in [2.24, 2.45) is 5.92 Å². The molecule has 0 aromatic heterocycles. The topological polar surface area (TPSA) is 32.3 Å². The largest absolute Gasteiger partial charge is 0.337 e. The van der Waals surface area contributed by atoms with E-state index in [9.17, 15) is 4.79 Å². The van der Waals surface area contributed by atoms with Gasteiger partial charge in [-0.25, -0.2) is 0 Å². The van der Waals surface area contributed by atoms with Crippen LogP contribution in [0.15, 0.2) is 18.2 Å². The van der Waals surface area contributed by atoms with Gasteiger partial charge >= 0.3 is 0 Å². The molecule has 0 radical (unpaired) electrons. The van der Waals surface area contributed by atoms with E-state index < -0.39 is 0 Å². The number of aryl methyl sites for hydroxylation is 1. The highest BCUT2D eigenvalue weighted by Crippen LogP contribution is 2.20. The van der Waals surface area contributed by atoms with Crippen molar-refractivity contribution in [1.29, 1.82) is 0 Å². The van der Waals surface area contributed by atoms with Crippen molar-refractivity contribution in [2.45, 2.75) is 39.7 Å². The molecule has 1 aromatic rings. The number of amides is 1. The van der Waals surface area contributed by atoms with Crippen molar-refractivity contribution in [3.8, 4) is 0 Å². The van der Waals surface area contributed by atoms with Gasteiger partial charge in [0, 0.05) is 22.7 Å². The highest BCUT2D eigenvalue weighted by molar-refractivity contribution is 14.1. The second-order valence-electron chi connectivity index (χ2n) is 6.33. The van der Waals surface area contributed by atoms with E-state index in [-0.39, 0.29) is 5.91 Å². The SMILES string of the molecule is Cc1cccc(C(=O)N(CC(C)C)CC2CCCN2)c1I. The molecule has 1 aliphatic rings. The van der Waals surface area contributed by atoms with Crippen molar-refractivity contribution in [1.82, 2.24) is 10.2 Å². The van der Waals surface area contributed by atoms with Crippen LogP contribution in [0.1, 0.15) is 42.6 Å². The molecule has 0 aliphatic carbocycles. The first-order valence-corrected chi connectivity index (χ1v) is 8.84. The minimum absolute atomic E-state index is 0.172. The summed E-state index contributed by atoms with van der Waals surface area (Å²) in [5.41, 5.74) is 2.01. The average molecular weight is 400 g/mol. The number of hydrogen-bond donors (Lipinski definition) is 1. The van der Waals surface area contributed by atoms with E-state index in [4.69, 9.17) is 0 Å². The monoisotopic (exact) mass is 400 g/mol. The van der Waals surface area contributed by atoms with Crippen LogP contribution in [-0.4, -0.2) is 36.5 Å². The number of carbonyl (C=O) groups is 1. The lowest BCUT2D eigenvalue weighted by molar-refractivity contribution is 0.0720. The highest BCUT2D eigenvalue weighted by atomic mass is 127. The van der Waals surface area contributed by atoms with Crippen LogP contribution in [0.25, 0.3) is 0 Å². The highest BCUT2D eigenvalue weighted by Gasteiger charge is 2.24. The van der Waals surface area contributed by atoms with Crippen molar-refractivity contribution < 1.29 is 4.79 Å². The fraction of sp³-hybridized carbons (Fsp3) is 0.588. The molecular formula is C17H25IN2O. The summed E-state index contributed by atoms with van der Waals surface area (Å²) < 4.78 is 1.08. The minimum atomic E-state index is 0.172. The van der Waals surface area contributed by atoms with Gasteiger partial charge in [0.2, 0.25) is 0 Å². The molecule has 1 saturated heterocycles. The van der Waals surface area contributed by atoms with E-state index in [1.54, 1.807) is 0 Å². The van der Waals surface area contributed by atoms with Crippen molar-refractivity contribution in [3.63, 3.8) is 0 Å². The lowest BCUT2D eigenvalue weighted by Gasteiger charge is -2.28. The van der Waals surface area contributed by atoms with Crippen LogP contribution in [-0.2, 0) is 0 Å². The summed E-state index contributed by atoms with van der Waals surface area (Å²) in [4.78, 5) is 15.0. The molecule has 1 amide bonds. The Balaban J connectivity index is 2.18. The molecule has 0 spiro atoms. The predicted molar refractivity (Wildman–Crippen MR) is 95.7 cm³/mol. The van der Waals surface area contributed by atoms with Crippen molar-refractivity contribution >= 4 is 28.5 Å². The van der Waals surface area contributed by atoms with Crippen LogP contribution < -0.4 is 5.32 Å². The van der Waals surface area contributed by atoms with Gasteiger partial charge in [-0.05, 0) is 66.4 Å². The smallest absolute Gasteiger partial charge is 0.255 e. The number of nitrogens with zero attached hydrogens (tertiary/aromatic N) is 1. The maximum Gasteiger partial charge on any atom is 0.255 e. The Morgan fingerprint density at radius 1 is 1.48 bits per heavy atom. The Labute approximate surface area is 141 Å². The Morgan fingerprint density at radius 3 is 2.86 bits per heavy atom. The Hall–Kier alpha value is -0.620. The standard InChI is InChI=1S/C17H25IN2O/c1-12(2)10-20(11-14-7-5-9-19-14)17(21)15-8-4-6-13(3)16(15)18/h4,6,8,12,14,19H,5,7,9-11H2,1-3H3. The van der Waals surface area contributed by atoms with E-state index in [0.717, 1.165) is 28.8 Å². The molecule has 1 unspecified atom stereocenters. The second-order valence-corrected chi connectivity index (χ2v) is 7.41. The van der Waals surface area contributed by atoms with Gasteiger partial charge in [0.1, 0.15) is 0 Å². The number of hydrogen-bond acceptors (Lipinski definition) is 2. The van der Waals surface area contributed by atoms with Gasteiger partial charge in [0.05, 0.1) is 5.56 Å². The molecule has 2 rings (SSSR count). The van der Waals surface area contributed by atoms with E-state index in [1.165, 1.54) is 18.4 Å². The van der Waals surface area contributed by atoms with Crippen LogP contribution in [0.2, 0.25) is 0 Å². The summed E-state index contributed by atoms with van der Waals surface area (Å²) in [6, 6.07) is 6.44. The second kappa shape index (κ2) is 7.58. The first-order chi connectivity index (χ1) is 9.99. The van der Waals surface area contributed by atoms with Gasteiger partial charge in [0.15, 0.2) is 0 Å². The van der Waals surface area contributed by atoms with E-state index in [2.05, 4.69) is 54.7 Å². The van der Waals surface area contributed by atoms with Gasteiger partial charge in [0.25, 0.3) is 5.91 Å². The zero-order valence-corrected chi connectivity index (χ0v) is 15.3. The number of carbonyl (C=O) groups excluding carboxylic acids is 1. The van der Waals surface area contributed by atoms with Crippen LogP contribution in [0, 0.1) is 16.4 Å². The van der Waals surface area contributed by atoms with Gasteiger partial charge in [-0.2, -0.15) is 0 Å². The fourth-order valence-corrected chi connectivity index (χ4v) is 3.43. The Morgan fingerprint density at radius 2 is 2.24 bits per heavy atom. The Bertz CT molecular complexity index is 496. The van der Waals surface area contributed by atoms with Gasteiger partial charge in [-0.1, -0.05) is 26.0 Å². The summed E-state index contributed by atoms with van der Waals surface area (Å²) in [6.07, 6.45) is 2.39. The maximum atomic E-state index is 12.9. The summed E-state index contributed by atoms with van der Waals surface area (Å²) >= 11 is 2.29. The quantitative estimate of drug-likeness (QED) is 0.768. The molecule has 21 heavy (non-hydrogen) atoms. The summed E-state index contributed by atoms with van der Waals surface area (Å²) in [6.45, 7) is 9.12. The third-order valence-corrected chi connectivity index (χ3v) is 5.33. The summed E-state index contributed by atoms with van der Waals surface area (Å²) in [7, 11) is 0. The Kier molecular flexibility index (Phi) is 6.05. The zero-order chi connectivity index (χ0) is 15.4. The number of rotatable bonds is 5. The first kappa shape index (κ1) is 16.7. The van der Waals surface area contributed by atoms with E-state index in [0.29, 0.717) is 12.0 Å². The molecule has 0 bridgehead atoms. The number of nitrogens with one attached hydrogen (secondary N) is 1. The predicted octanol–water partition coefficient (Wildman–Crippen LogP) is 3.45. The summed E-state index contributed by atoms with van der Waals surface area (Å²) in [5.74, 6) is 0.656. The third kappa shape index (κ3) is 4.42.